The molecule has 0 amide bonds. The van der Waals surface area contributed by atoms with E-state index in [1.165, 1.54) is 17.7 Å². The van der Waals surface area contributed by atoms with Crippen LogP contribution in [-0.2, 0) is 0 Å². The molecule has 1 saturated heterocycles. The van der Waals surface area contributed by atoms with Crippen molar-refractivity contribution in [2.75, 3.05) is 28.7 Å². The topological polar surface area (TPSA) is 78.3 Å². The number of halogens is 1. The van der Waals surface area contributed by atoms with Gasteiger partial charge in [0.2, 0.25) is 17.8 Å². The lowest BCUT2D eigenvalue weighted by molar-refractivity contribution is 0.434. The zero-order valence-corrected chi connectivity index (χ0v) is 18.6. The molecule has 2 heterocycles. The first-order valence-corrected chi connectivity index (χ1v) is 10.9. The minimum atomic E-state index is -0.282. The molecule has 1 aliphatic rings. The van der Waals surface area contributed by atoms with Gasteiger partial charge in [-0.3, -0.25) is 0 Å². The van der Waals surface area contributed by atoms with Crippen LogP contribution in [0.25, 0.3) is 0 Å². The third-order valence-electron chi connectivity index (χ3n) is 5.79. The van der Waals surface area contributed by atoms with E-state index >= 15 is 0 Å². The maximum Gasteiger partial charge on any atom is 0.250 e. The number of hydrogen-bond donors (Lipinski definition) is 2. The molecule has 32 heavy (non-hydrogen) atoms. The molecule has 0 aliphatic carbocycles. The second-order valence-electron chi connectivity index (χ2n) is 8.25. The van der Waals surface area contributed by atoms with Crippen molar-refractivity contribution in [2.45, 2.75) is 33.6 Å². The second kappa shape index (κ2) is 9.72. The molecule has 3 aromatic rings. The summed E-state index contributed by atoms with van der Waals surface area (Å²) in [6.45, 7) is 8.23. The molecule has 4 rings (SSSR count). The van der Waals surface area contributed by atoms with Gasteiger partial charge < -0.3 is 10.2 Å². The summed E-state index contributed by atoms with van der Waals surface area (Å²) < 4.78 is 13.1. The van der Waals surface area contributed by atoms with Gasteiger partial charge in [-0.1, -0.05) is 31.2 Å². The summed E-state index contributed by atoms with van der Waals surface area (Å²) in [7, 11) is 0. The van der Waals surface area contributed by atoms with Crippen LogP contribution in [0.2, 0.25) is 0 Å². The van der Waals surface area contributed by atoms with Crippen LogP contribution >= 0.6 is 0 Å². The van der Waals surface area contributed by atoms with E-state index in [0.717, 1.165) is 42.7 Å². The number of hydrogen-bond acceptors (Lipinski definition) is 7. The number of anilines is 4. The van der Waals surface area contributed by atoms with E-state index in [9.17, 15) is 4.39 Å². The Hall–Kier alpha value is -3.55. The lowest BCUT2D eigenvalue weighted by Gasteiger charge is -2.30. The van der Waals surface area contributed by atoms with E-state index in [1.807, 2.05) is 12.1 Å². The van der Waals surface area contributed by atoms with Crippen LogP contribution < -0.4 is 15.6 Å². The van der Waals surface area contributed by atoms with Gasteiger partial charge in [0.1, 0.15) is 5.82 Å². The Morgan fingerprint density at radius 1 is 1.00 bits per heavy atom. The zero-order chi connectivity index (χ0) is 22.5. The standard InChI is InChI=1S/C24H28FN7/c1-16-11-13-32(14-12-16)24-29-22(27-21-6-4-5-17(2)18(21)3)28-23(30-24)31-26-15-19-7-9-20(25)10-8-19/h4-10,15-16H,11-14H2,1-3H3,(H2,27,28,29,30,31). The summed E-state index contributed by atoms with van der Waals surface area (Å²) in [5, 5.41) is 7.56. The molecule has 0 bridgehead atoms. The number of nitrogens with one attached hydrogen (secondary N) is 2. The van der Waals surface area contributed by atoms with Crippen molar-refractivity contribution in [1.82, 2.24) is 15.0 Å². The third kappa shape index (κ3) is 5.38. The van der Waals surface area contributed by atoms with Gasteiger partial charge in [-0.05, 0) is 67.5 Å². The van der Waals surface area contributed by atoms with Gasteiger partial charge in [0.15, 0.2) is 0 Å². The molecule has 0 unspecified atom stereocenters. The average molecular weight is 434 g/mol. The molecule has 0 atom stereocenters. The highest BCUT2D eigenvalue weighted by Gasteiger charge is 2.20. The predicted octanol–water partition coefficient (Wildman–Crippen LogP) is 5.05. The SMILES string of the molecule is Cc1cccc(Nc2nc(NN=Cc3ccc(F)cc3)nc(N3CCC(C)CC3)n2)c1C. The maximum absolute atomic E-state index is 13.1. The van der Waals surface area contributed by atoms with Crippen LogP contribution in [0.15, 0.2) is 47.6 Å². The minimum absolute atomic E-state index is 0.282. The number of hydrazone groups is 1. The Bertz CT molecular complexity index is 1090. The van der Waals surface area contributed by atoms with Crippen LogP contribution in [0.1, 0.15) is 36.5 Å². The van der Waals surface area contributed by atoms with Crippen LogP contribution in [0.5, 0.6) is 0 Å². The normalized spacial score (nSPS) is 14.7. The quantitative estimate of drug-likeness (QED) is 0.418. The van der Waals surface area contributed by atoms with E-state index in [4.69, 9.17) is 0 Å². The van der Waals surface area contributed by atoms with E-state index in [2.05, 4.69) is 62.5 Å². The number of piperidine rings is 1. The van der Waals surface area contributed by atoms with Gasteiger partial charge in [-0.25, -0.2) is 9.82 Å². The lowest BCUT2D eigenvalue weighted by atomic mass is 10.00. The fourth-order valence-corrected chi connectivity index (χ4v) is 3.54. The molecular formula is C24H28FN7. The number of rotatable bonds is 6. The van der Waals surface area contributed by atoms with Gasteiger partial charge in [0.25, 0.3) is 0 Å². The lowest BCUT2D eigenvalue weighted by Crippen LogP contribution is -2.34. The molecule has 2 aromatic carbocycles. The summed E-state index contributed by atoms with van der Waals surface area (Å²) in [5.41, 5.74) is 6.95. The summed E-state index contributed by atoms with van der Waals surface area (Å²) >= 11 is 0. The van der Waals surface area contributed by atoms with E-state index in [0.29, 0.717) is 23.8 Å². The van der Waals surface area contributed by atoms with Crippen molar-refractivity contribution < 1.29 is 4.39 Å². The maximum atomic E-state index is 13.1. The van der Waals surface area contributed by atoms with E-state index in [-0.39, 0.29) is 5.82 Å². The Morgan fingerprint density at radius 3 is 2.47 bits per heavy atom. The third-order valence-corrected chi connectivity index (χ3v) is 5.79. The van der Waals surface area contributed by atoms with Gasteiger partial charge in [0, 0.05) is 18.8 Å². The van der Waals surface area contributed by atoms with Crippen LogP contribution in [-0.4, -0.2) is 34.3 Å². The van der Waals surface area contributed by atoms with Crippen molar-refractivity contribution in [3.8, 4) is 0 Å². The molecule has 1 aromatic heterocycles. The Kier molecular flexibility index (Phi) is 6.58. The minimum Gasteiger partial charge on any atom is -0.341 e. The first kappa shape index (κ1) is 21.7. The number of benzene rings is 2. The first-order chi connectivity index (χ1) is 15.5. The summed E-state index contributed by atoms with van der Waals surface area (Å²) in [6.07, 6.45) is 3.82. The average Bonchev–Trinajstić information content (AvgIpc) is 2.79. The van der Waals surface area contributed by atoms with Crippen LogP contribution in [0.3, 0.4) is 0 Å². The molecule has 1 fully saturated rings. The number of aromatic nitrogens is 3. The van der Waals surface area contributed by atoms with E-state index in [1.54, 1.807) is 18.3 Å². The number of aryl methyl sites for hydroxylation is 1. The molecule has 166 valence electrons. The van der Waals surface area contributed by atoms with Crippen LogP contribution in [0.4, 0.5) is 27.9 Å². The number of nitrogens with zero attached hydrogens (tertiary/aromatic N) is 5. The second-order valence-corrected chi connectivity index (χ2v) is 8.25. The molecular weight excluding hydrogens is 405 g/mol. The fourth-order valence-electron chi connectivity index (χ4n) is 3.54. The van der Waals surface area contributed by atoms with Crippen molar-refractivity contribution in [1.29, 1.82) is 0 Å². The summed E-state index contributed by atoms with van der Waals surface area (Å²) in [4.78, 5) is 16.0. The van der Waals surface area contributed by atoms with Crippen molar-refractivity contribution in [3.63, 3.8) is 0 Å². The van der Waals surface area contributed by atoms with Crippen molar-refractivity contribution >= 4 is 29.7 Å². The summed E-state index contributed by atoms with van der Waals surface area (Å²) in [6, 6.07) is 12.2. The summed E-state index contributed by atoms with van der Waals surface area (Å²) in [5.74, 6) is 1.86. The molecule has 0 spiro atoms. The monoisotopic (exact) mass is 433 g/mol. The molecule has 0 saturated carbocycles. The zero-order valence-electron chi connectivity index (χ0n) is 18.6. The van der Waals surface area contributed by atoms with Gasteiger partial charge >= 0.3 is 0 Å². The smallest absolute Gasteiger partial charge is 0.250 e. The highest BCUT2D eigenvalue weighted by molar-refractivity contribution is 5.79. The largest absolute Gasteiger partial charge is 0.341 e. The Labute approximate surface area is 187 Å². The van der Waals surface area contributed by atoms with Gasteiger partial charge in [0.05, 0.1) is 6.21 Å². The fraction of sp³-hybridized carbons (Fsp3) is 0.333. The molecule has 0 radical (unpaired) electrons. The van der Waals surface area contributed by atoms with Crippen molar-refractivity contribution in [2.24, 2.45) is 11.0 Å². The molecule has 8 heteroatoms. The Morgan fingerprint density at radius 2 is 1.72 bits per heavy atom. The highest BCUT2D eigenvalue weighted by atomic mass is 19.1. The van der Waals surface area contributed by atoms with Gasteiger partial charge in [-0.15, -0.1) is 0 Å². The molecule has 7 nitrogen and oxygen atoms in total. The predicted molar refractivity (Wildman–Crippen MR) is 127 cm³/mol. The first-order valence-electron chi connectivity index (χ1n) is 10.9. The van der Waals surface area contributed by atoms with Crippen molar-refractivity contribution in [3.05, 3.63) is 65.0 Å². The molecule has 2 N–H and O–H groups in total. The van der Waals surface area contributed by atoms with Gasteiger partial charge in [-0.2, -0.15) is 20.1 Å². The van der Waals surface area contributed by atoms with E-state index < -0.39 is 0 Å². The Balaban J connectivity index is 1.59. The molecule has 1 aliphatic heterocycles. The van der Waals surface area contributed by atoms with Crippen LogP contribution in [0, 0.1) is 25.6 Å². The highest BCUT2D eigenvalue weighted by Crippen LogP contribution is 2.25.